The SMILES string of the molecule is Cc1cc(CCc2c[nH]c3ccccc23)oc(=O)c1C(=O)N[C@H]1COC[C@@H]1O. The molecule has 2 aromatic heterocycles. The Morgan fingerprint density at radius 2 is 2.11 bits per heavy atom. The molecule has 1 fully saturated rings. The molecule has 1 aromatic carbocycles. The van der Waals surface area contributed by atoms with Crippen molar-refractivity contribution in [3.05, 3.63) is 69.4 Å². The molecule has 3 N–H and O–H groups in total. The van der Waals surface area contributed by atoms with Crippen LogP contribution in [0.15, 0.2) is 45.7 Å². The molecule has 4 rings (SSSR count). The van der Waals surface area contributed by atoms with E-state index in [-0.39, 0.29) is 18.8 Å². The number of nitrogens with one attached hydrogen (secondary N) is 2. The lowest BCUT2D eigenvalue weighted by atomic mass is 10.0. The highest BCUT2D eigenvalue weighted by Gasteiger charge is 2.29. The maximum atomic E-state index is 12.4. The Kier molecular flexibility index (Phi) is 5.02. The Morgan fingerprint density at radius 1 is 1.29 bits per heavy atom. The fraction of sp³-hybridized carbons (Fsp3) is 0.333. The monoisotopic (exact) mass is 382 g/mol. The third-order valence-electron chi connectivity index (χ3n) is 5.11. The first kappa shape index (κ1) is 18.5. The number of para-hydroxylation sites is 1. The van der Waals surface area contributed by atoms with Crippen molar-refractivity contribution in [1.82, 2.24) is 10.3 Å². The fourth-order valence-corrected chi connectivity index (χ4v) is 3.59. The molecule has 3 aromatic rings. The van der Waals surface area contributed by atoms with Gasteiger partial charge < -0.3 is 24.6 Å². The van der Waals surface area contributed by atoms with Gasteiger partial charge in [0.2, 0.25) is 0 Å². The van der Waals surface area contributed by atoms with Gasteiger partial charge in [0.15, 0.2) is 0 Å². The lowest BCUT2D eigenvalue weighted by molar-refractivity contribution is 0.0881. The number of benzene rings is 1. The summed E-state index contributed by atoms with van der Waals surface area (Å²) in [5.41, 5.74) is 2.07. The molecule has 1 aliphatic rings. The molecular weight excluding hydrogens is 360 g/mol. The molecule has 0 spiro atoms. The maximum absolute atomic E-state index is 12.4. The molecule has 0 saturated carbocycles. The van der Waals surface area contributed by atoms with E-state index in [0.29, 0.717) is 24.2 Å². The van der Waals surface area contributed by atoms with Crippen LogP contribution in [0.5, 0.6) is 0 Å². The minimum absolute atomic E-state index is 0.0325. The number of aliphatic hydroxyl groups excluding tert-OH is 1. The number of ether oxygens (including phenoxy) is 1. The van der Waals surface area contributed by atoms with Gasteiger partial charge in [0.05, 0.1) is 25.4 Å². The molecule has 7 nitrogen and oxygen atoms in total. The Balaban J connectivity index is 1.49. The van der Waals surface area contributed by atoms with Gasteiger partial charge in [0, 0.05) is 23.5 Å². The van der Waals surface area contributed by atoms with Crippen LogP contribution in [0.25, 0.3) is 10.9 Å². The molecule has 0 bridgehead atoms. The van der Waals surface area contributed by atoms with Crippen LogP contribution in [-0.4, -0.2) is 41.4 Å². The predicted molar refractivity (Wildman–Crippen MR) is 104 cm³/mol. The molecule has 1 aliphatic heterocycles. The average molecular weight is 382 g/mol. The van der Waals surface area contributed by atoms with Crippen LogP contribution < -0.4 is 10.9 Å². The summed E-state index contributed by atoms with van der Waals surface area (Å²) in [5.74, 6) is -0.0162. The van der Waals surface area contributed by atoms with Gasteiger partial charge in [-0.05, 0) is 36.6 Å². The number of aryl methyl sites for hydroxylation is 3. The van der Waals surface area contributed by atoms with E-state index in [2.05, 4.69) is 16.4 Å². The van der Waals surface area contributed by atoms with Crippen LogP contribution in [0.1, 0.15) is 27.2 Å². The summed E-state index contributed by atoms with van der Waals surface area (Å²) in [6.07, 6.45) is 2.46. The van der Waals surface area contributed by atoms with E-state index in [1.54, 1.807) is 13.0 Å². The van der Waals surface area contributed by atoms with Crippen molar-refractivity contribution >= 4 is 16.8 Å². The van der Waals surface area contributed by atoms with Gasteiger partial charge in [-0.3, -0.25) is 4.79 Å². The molecule has 0 radical (unpaired) electrons. The molecule has 1 amide bonds. The van der Waals surface area contributed by atoms with Crippen molar-refractivity contribution < 1.29 is 19.1 Å². The van der Waals surface area contributed by atoms with Crippen molar-refractivity contribution in [1.29, 1.82) is 0 Å². The molecule has 7 heteroatoms. The van der Waals surface area contributed by atoms with E-state index < -0.39 is 23.7 Å². The highest BCUT2D eigenvalue weighted by Crippen LogP contribution is 2.20. The van der Waals surface area contributed by atoms with E-state index in [0.717, 1.165) is 16.5 Å². The minimum atomic E-state index is -0.772. The van der Waals surface area contributed by atoms with Crippen molar-refractivity contribution in [2.75, 3.05) is 13.2 Å². The van der Waals surface area contributed by atoms with Crippen LogP contribution in [0, 0.1) is 6.92 Å². The summed E-state index contributed by atoms with van der Waals surface area (Å²) in [6, 6.07) is 9.25. The number of carbonyl (C=O) groups is 1. The zero-order valence-corrected chi connectivity index (χ0v) is 15.5. The number of aromatic amines is 1. The predicted octanol–water partition coefficient (Wildman–Crippen LogP) is 1.70. The van der Waals surface area contributed by atoms with Gasteiger partial charge in [0.1, 0.15) is 11.3 Å². The molecule has 146 valence electrons. The number of hydrogen-bond donors (Lipinski definition) is 3. The summed E-state index contributed by atoms with van der Waals surface area (Å²) >= 11 is 0. The second kappa shape index (κ2) is 7.61. The van der Waals surface area contributed by atoms with Crippen LogP contribution in [0.2, 0.25) is 0 Å². The number of amides is 1. The maximum Gasteiger partial charge on any atom is 0.349 e. The van der Waals surface area contributed by atoms with Gasteiger partial charge in [-0.1, -0.05) is 18.2 Å². The minimum Gasteiger partial charge on any atom is -0.427 e. The summed E-state index contributed by atoms with van der Waals surface area (Å²) in [6.45, 7) is 2.11. The number of rotatable bonds is 5. The fourth-order valence-electron chi connectivity index (χ4n) is 3.59. The van der Waals surface area contributed by atoms with Gasteiger partial charge in [-0.2, -0.15) is 0 Å². The first-order valence-electron chi connectivity index (χ1n) is 9.28. The number of hydrogen-bond acceptors (Lipinski definition) is 5. The molecule has 1 saturated heterocycles. The van der Waals surface area contributed by atoms with E-state index >= 15 is 0 Å². The molecule has 3 heterocycles. The smallest absolute Gasteiger partial charge is 0.349 e. The number of fused-ring (bicyclic) bond motifs is 1. The standard InChI is InChI=1S/C21H22N2O5/c1-12-8-14(7-6-13-9-22-16-5-3-2-4-15(13)16)28-21(26)19(12)20(25)23-17-10-27-11-18(17)24/h2-5,8-9,17-18,22,24H,6-7,10-11H2,1H3,(H,23,25)/t17-,18-/m0/s1. The summed E-state index contributed by atoms with van der Waals surface area (Å²) in [7, 11) is 0. The Labute approximate surface area is 161 Å². The Bertz CT molecular complexity index is 1070. The molecular formula is C21H22N2O5. The number of aromatic nitrogens is 1. The lowest BCUT2D eigenvalue weighted by Gasteiger charge is -2.15. The summed E-state index contributed by atoms with van der Waals surface area (Å²) in [5, 5.41) is 13.5. The van der Waals surface area contributed by atoms with Gasteiger partial charge in [0.25, 0.3) is 5.91 Å². The number of aliphatic hydroxyl groups is 1. The third-order valence-corrected chi connectivity index (χ3v) is 5.11. The normalized spacial score (nSPS) is 19.2. The number of H-pyrrole nitrogens is 1. The van der Waals surface area contributed by atoms with E-state index in [9.17, 15) is 14.7 Å². The Morgan fingerprint density at radius 3 is 2.86 bits per heavy atom. The zero-order chi connectivity index (χ0) is 19.7. The first-order chi connectivity index (χ1) is 13.5. The first-order valence-corrected chi connectivity index (χ1v) is 9.28. The largest absolute Gasteiger partial charge is 0.427 e. The van der Waals surface area contributed by atoms with Crippen LogP contribution >= 0.6 is 0 Å². The van der Waals surface area contributed by atoms with Crippen molar-refractivity contribution in [3.8, 4) is 0 Å². The van der Waals surface area contributed by atoms with Crippen LogP contribution in [0.4, 0.5) is 0 Å². The van der Waals surface area contributed by atoms with Crippen molar-refractivity contribution in [2.45, 2.75) is 31.9 Å². The second-order valence-electron chi connectivity index (χ2n) is 7.10. The van der Waals surface area contributed by atoms with Gasteiger partial charge >= 0.3 is 5.63 Å². The highest BCUT2D eigenvalue weighted by molar-refractivity contribution is 5.95. The number of carbonyl (C=O) groups excluding carboxylic acids is 1. The molecule has 0 unspecified atom stereocenters. The Hall–Kier alpha value is -2.90. The van der Waals surface area contributed by atoms with E-state index in [1.807, 2.05) is 24.4 Å². The van der Waals surface area contributed by atoms with Gasteiger partial charge in [-0.15, -0.1) is 0 Å². The topological polar surface area (TPSA) is 105 Å². The van der Waals surface area contributed by atoms with Crippen LogP contribution in [-0.2, 0) is 17.6 Å². The summed E-state index contributed by atoms with van der Waals surface area (Å²) in [4.78, 5) is 28.1. The average Bonchev–Trinajstić information content (AvgIpc) is 3.26. The van der Waals surface area contributed by atoms with Gasteiger partial charge in [-0.25, -0.2) is 4.79 Å². The highest BCUT2D eigenvalue weighted by atomic mass is 16.5. The summed E-state index contributed by atoms with van der Waals surface area (Å²) < 4.78 is 10.5. The second-order valence-corrected chi connectivity index (χ2v) is 7.10. The molecule has 2 atom stereocenters. The van der Waals surface area contributed by atoms with Crippen molar-refractivity contribution in [3.63, 3.8) is 0 Å². The van der Waals surface area contributed by atoms with Crippen molar-refractivity contribution in [2.24, 2.45) is 0 Å². The molecule has 0 aliphatic carbocycles. The van der Waals surface area contributed by atoms with E-state index in [1.165, 1.54) is 0 Å². The van der Waals surface area contributed by atoms with E-state index in [4.69, 9.17) is 9.15 Å². The quantitative estimate of drug-likeness (QED) is 0.623. The zero-order valence-electron chi connectivity index (χ0n) is 15.5. The molecule has 28 heavy (non-hydrogen) atoms. The lowest BCUT2D eigenvalue weighted by Crippen LogP contribution is -2.44. The van der Waals surface area contributed by atoms with Crippen LogP contribution in [0.3, 0.4) is 0 Å². The third kappa shape index (κ3) is 3.58.